The van der Waals surface area contributed by atoms with Crippen LogP contribution in [-0.2, 0) is 34.6 Å². The van der Waals surface area contributed by atoms with Crippen molar-refractivity contribution < 1.29 is 32.2 Å². The van der Waals surface area contributed by atoms with E-state index in [0.717, 1.165) is 4.47 Å². The van der Waals surface area contributed by atoms with E-state index in [-0.39, 0.29) is 32.1 Å². The molecule has 0 spiro atoms. The van der Waals surface area contributed by atoms with E-state index in [0.29, 0.717) is 32.1 Å². The zero-order valence-electron chi connectivity index (χ0n) is 17.1. The number of rotatable bonds is 14. The predicted molar refractivity (Wildman–Crippen MR) is 115 cm³/mol. The van der Waals surface area contributed by atoms with Gasteiger partial charge in [-0.3, -0.25) is 9.10 Å². The average Bonchev–Trinajstić information content (AvgIpc) is 2.60. The van der Waals surface area contributed by atoms with Crippen LogP contribution in [0.15, 0.2) is 28.7 Å². The maximum atomic E-state index is 11.5. The summed E-state index contributed by atoms with van der Waals surface area (Å²) < 4.78 is 46.2. The monoisotopic (exact) mass is 495 g/mol. The third kappa shape index (κ3) is 12.9. The minimum Gasteiger partial charge on any atom is -0.460 e. The van der Waals surface area contributed by atoms with Gasteiger partial charge in [-0.25, -0.2) is 8.42 Å². The number of esters is 1. The fourth-order valence-corrected chi connectivity index (χ4v) is 3.13. The Hall–Kier alpha value is -1.20. The van der Waals surface area contributed by atoms with Crippen LogP contribution in [0.4, 0.5) is 5.69 Å². The Bertz CT molecular complexity index is 683. The Morgan fingerprint density at radius 2 is 1.59 bits per heavy atom. The van der Waals surface area contributed by atoms with E-state index in [1.54, 1.807) is 18.2 Å². The molecular weight excluding hydrogens is 466 g/mol. The van der Waals surface area contributed by atoms with Crippen molar-refractivity contribution in [2.24, 2.45) is 0 Å². The topological polar surface area (TPSA) is 91.4 Å². The lowest BCUT2D eigenvalue weighted by Gasteiger charge is -2.19. The molecule has 0 fully saturated rings. The van der Waals surface area contributed by atoms with E-state index < -0.39 is 16.5 Å². The van der Waals surface area contributed by atoms with Crippen molar-refractivity contribution >= 4 is 38.5 Å². The summed E-state index contributed by atoms with van der Waals surface area (Å²) in [6.07, 6.45) is 0.205. The second-order valence-electron chi connectivity index (χ2n) is 7.01. The molecule has 0 aliphatic heterocycles. The molecule has 0 aliphatic carbocycles. The molecule has 0 N–H and O–H groups in total. The zero-order chi connectivity index (χ0) is 21.7. The number of hydrogen-bond donors (Lipinski definition) is 1. The first-order valence-electron chi connectivity index (χ1n) is 9.31. The Balaban J connectivity index is 2.05. The zero-order valence-corrected chi connectivity index (χ0v) is 19.6. The van der Waals surface area contributed by atoms with Crippen molar-refractivity contribution in [2.75, 3.05) is 50.5 Å². The van der Waals surface area contributed by atoms with Gasteiger partial charge in [0.25, 0.3) is 0 Å². The van der Waals surface area contributed by atoms with Gasteiger partial charge in [-0.15, -0.1) is 0 Å². The molecule has 0 unspecified atom stereocenters. The number of carbonyl (C=O) groups excluding carboxylic acids is 1. The van der Waals surface area contributed by atoms with E-state index in [2.05, 4.69) is 15.9 Å². The Kier molecular flexibility index (Phi) is 12.4. The first kappa shape index (κ1) is 25.8. The van der Waals surface area contributed by atoms with Gasteiger partial charge in [-0.2, -0.15) is 0 Å². The number of halogens is 1. The van der Waals surface area contributed by atoms with Crippen molar-refractivity contribution in [2.45, 2.75) is 32.8 Å². The van der Waals surface area contributed by atoms with Crippen LogP contribution in [0.5, 0.6) is 0 Å². The van der Waals surface area contributed by atoms with E-state index in [4.69, 9.17) is 18.9 Å². The second kappa shape index (κ2) is 13.9. The second-order valence-corrected chi connectivity index (χ2v) is 8.89. The fraction of sp³-hybridized carbons (Fsp3) is 0.632. The molecule has 0 saturated heterocycles. The van der Waals surface area contributed by atoms with Crippen LogP contribution >= 0.6 is 15.9 Å². The average molecular weight is 496 g/mol. The highest BCUT2D eigenvalue weighted by Gasteiger charge is 2.15. The van der Waals surface area contributed by atoms with Gasteiger partial charge in [-0.1, -0.05) is 22.0 Å². The van der Waals surface area contributed by atoms with Crippen LogP contribution in [-0.4, -0.2) is 66.2 Å². The van der Waals surface area contributed by atoms with Crippen molar-refractivity contribution in [1.29, 1.82) is 0 Å². The third-order valence-corrected chi connectivity index (χ3v) is 4.68. The van der Waals surface area contributed by atoms with Crippen LogP contribution in [0.25, 0.3) is 0 Å². The van der Waals surface area contributed by atoms with Crippen molar-refractivity contribution in [1.82, 2.24) is 0 Å². The van der Waals surface area contributed by atoms with Gasteiger partial charge < -0.3 is 18.9 Å². The molecule has 1 aromatic rings. The fourth-order valence-electron chi connectivity index (χ4n) is 2.18. The van der Waals surface area contributed by atoms with Gasteiger partial charge in [0, 0.05) is 4.47 Å². The number of nitrogens with zero attached hydrogens (tertiary/aromatic N) is 1. The van der Waals surface area contributed by atoms with E-state index in [9.17, 15) is 13.2 Å². The minimum absolute atomic E-state index is 0.205. The van der Waals surface area contributed by atoms with Crippen LogP contribution in [0, 0.1) is 0 Å². The largest absolute Gasteiger partial charge is 0.460 e. The summed E-state index contributed by atoms with van der Waals surface area (Å²) in [5, 5.41) is 0. The lowest BCUT2D eigenvalue weighted by molar-refractivity contribution is -0.156. The summed E-state index contributed by atoms with van der Waals surface area (Å²) in [6.45, 7) is 7.70. The standard InChI is InChI=1S/C19H30BrNO7S/c1-19(2,3)28-18(22)7-9-25-11-13-27-14-12-26-10-8-21(29(23)24)17-6-4-5-16(20)15-17/h4-6,15,29H,7-14H2,1-3H3. The van der Waals surface area contributed by atoms with E-state index in [1.807, 2.05) is 26.8 Å². The molecule has 0 bridgehead atoms. The molecule has 166 valence electrons. The van der Waals surface area contributed by atoms with Crippen molar-refractivity contribution in [3.8, 4) is 0 Å². The van der Waals surface area contributed by atoms with Gasteiger partial charge in [-0.05, 0) is 39.0 Å². The van der Waals surface area contributed by atoms with Gasteiger partial charge in [0.05, 0.1) is 58.3 Å². The summed E-state index contributed by atoms with van der Waals surface area (Å²) in [7, 11) is -2.75. The Morgan fingerprint density at radius 1 is 1.00 bits per heavy atom. The number of ether oxygens (including phenoxy) is 4. The maximum absolute atomic E-state index is 11.5. The third-order valence-electron chi connectivity index (χ3n) is 3.37. The normalized spacial score (nSPS) is 11.6. The minimum atomic E-state index is -2.75. The molecule has 0 aliphatic rings. The van der Waals surface area contributed by atoms with Crippen LogP contribution in [0.3, 0.4) is 0 Å². The SMILES string of the molecule is CC(C)(C)OC(=O)CCOCCOCCOCCN(c1cccc(Br)c1)[SH](=O)=O. The number of hydrogen-bond acceptors (Lipinski definition) is 7. The van der Waals surface area contributed by atoms with E-state index in [1.165, 1.54) is 4.31 Å². The summed E-state index contributed by atoms with van der Waals surface area (Å²) in [6, 6.07) is 7.06. The molecule has 0 radical (unpaired) electrons. The summed E-state index contributed by atoms with van der Waals surface area (Å²) in [5.41, 5.74) is 0.0947. The number of benzene rings is 1. The summed E-state index contributed by atoms with van der Waals surface area (Å²) in [5.74, 6) is -0.288. The highest BCUT2D eigenvalue weighted by atomic mass is 79.9. The summed E-state index contributed by atoms with van der Waals surface area (Å²) in [4.78, 5) is 11.5. The Morgan fingerprint density at radius 3 is 2.14 bits per heavy atom. The molecule has 0 aromatic heterocycles. The van der Waals surface area contributed by atoms with Crippen molar-refractivity contribution in [3.63, 3.8) is 0 Å². The van der Waals surface area contributed by atoms with Gasteiger partial charge in [0.1, 0.15) is 5.60 Å². The number of thiol groups is 1. The smallest absolute Gasteiger partial charge is 0.308 e. The van der Waals surface area contributed by atoms with E-state index >= 15 is 0 Å². The van der Waals surface area contributed by atoms with Gasteiger partial charge in [0.2, 0.25) is 10.9 Å². The maximum Gasteiger partial charge on any atom is 0.308 e. The lowest BCUT2D eigenvalue weighted by Crippen LogP contribution is -2.26. The molecular formula is C19H30BrNO7S. The molecule has 0 saturated carbocycles. The highest BCUT2D eigenvalue weighted by molar-refractivity contribution is 9.10. The van der Waals surface area contributed by atoms with Crippen LogP contribution < -0.4 is 4.31 Å². The molecule has 0 atom stereocenters. The molecule has 8 nitrogen and oxygen atoms in total. The molecule has 0 heterocycles. The van der Waals surface area contributed by atoms with Crippen LogP contribution in [0.1, 0.15) is 27.2 Å². The van der Waals surface area contributed by atoms with Crippen molar-refractivity contribution in [3.05, 3.63) is 28.7 Å². The van der Waals surface area contributed by atoms with Gasteiger partial charge in [0.15, 0.2) is 0 Å². The molecule has 10 heteroatoms. The first-order chi connectivity index (χ1) is 13.7. The predicted octanol–water partition coefficient (Wildman–Crippen LogP) is 2.56. The van der Waals surface area contributed by atoms with Gasteiger partial charge >= 0.3 is 5.97 Å². The molecule has 1 aromatic carbocycles. The summed E-state index contributed by atoms with van der Waals surface area (Å²) >= 11 is 3.33. The lowest BCUT2D eigenvalue weighted by atomic mass is 10.2. The highest BCUT2D eigenvalue weighted by Crippen LogP contribution is 2.19. The molecule has 29 heavy (non-hydrogen) atoms. The molecule has 1 rings (SSSR count). The first-order valence-corrected chi connectivity index (χ1v) is 11.2. The van der Waals surface area contributed by atoms with Crippen LogP contribution in [0.2, 0.25) is 0 Å². The number of carbonyl (C=O) groups is 1. The Labute approximate surface area is 182 Å². The molecule has 0 amide bonds. The number of anilines is 1. The quantitative estimate of drug-likeness (QED) is 0.241.